The Morgan fingerprint density at radius 1 is 1.12 bits per heavy atom. The Morgan fingerprint density at radius 2 is 1.83 bits per heavy atom. The first-order valence-electron chi connectivity index (χ1n) is 8.26. The molecule has 4 heteroatoms. The van der Waals surface area contributed by atoms with Gasteiger partial charge in [0.2, 0.25) is 5.88 Å². The van der Waals surface area contributed by atoms with E-state index < -0.39 is 5.60 Å². The molecular weight excluding hydrogens is 302 g/mol. The lowest BCUT2D eigenvalue weighted by atomic mass is 9.95. The minimum Gasteiger partial charge on any atom is -0.477 e. The summed E-state index contributed by atoms with van der Waals surface area (Å²) < 4.78 is 5.75. The first-order chi connectivity index (χ1) is 11.2. The predicted octanol–water partition coefficient (Wildman–Crippen LogP) is 3.71. The molecule has 0 aliphatic carbocycles. The molecule has 0 bridgehead atoms. The van der Waals surface area contributed by atoms with E-state index in [0.29, 0.717) is 18.9 Å². The molecule has 0 unspecified atom stereocenters. The number of aliphatic hydroxyl groups is 2. The van der Waals surface area contributed by atoms with Crippen LogP contribution < -0.4 is 4.74 Å². The largest absolute Gasteiger partial charge is 0.477 e. The Bertz CT molecular complexity index is 718. The Morgan fingerprint density at radius 3 is 2.46 bits per heavy atom. The van der Waals surface area contributed by atoms with Crippen LogP contribution in [0.2, 0.25) is 0 Å². The van der Waals surface area contributed by atoms with E-state index in [1.54, 1.807) is 13.8 Å². The molecule has 1 heterocycles. The first kappa shape index (κ1) is 18.4. The number of ether oxygens (including phenoxy) is 1. The fraction of sp³-hybridized carbons (Fsp3) is 0.450. The topological polar surface area (TPSA) is 62.6 Å². The number of aromatic nitrogens is 1. The molecule has 0 aliphatic heterocycles. The molecule has 2 N–H and O–H groups in total. The van der Waals surface area contributed by atoms with Crippen LogP contribution in [0.5, 0.6) is 5.88 Å². The van der Waals surface area contributed by atoms with Crippen molar-refractivity contribution in [2.24, 2.45) is 0 Å². The van der Waals surface area contributed by atoms with Gasteiger partial charge in [-0.3, -0.25) is 0 Å². The maximum atomic E-state index is 9.77. The molecule has 0 aliphatic rings. The fourth-order valence-electron chi connectivity index (χ4n) is 2.65. The van der Waals surface area contributed by atoms with Crippen LogP contribution in [0.25, 0.3) is 11.1 Å². The van der Waals surface area contributed by atoms with Crippen molar-refractivity contribution in [3.63, 3.8) is 0 Å². The van der Waals surface area contributed by atoms with Crippen LogP contribution in [0.4, 0.5) is 0 Å². The van der Waals surface area contributed by atoms with E-state index >= 15 is 0 Å². The smallest absolute Gasteiger partial charge is 0.216 e. The summed E-state index contributed by atoms with van der Waals surface area (Å²) in [6, 6.07) is 8.01. The third kappa shape index (κ3) is 4.34. The van der Waals surface area contributed by atoms with Gasteiger partial charge in [-0.25, -0.2) is 4.98 Å². The lowest BCUT2D eigenvalue weighted by molar-refractivity contribution is 0.0545. The van der Waals surface area contributed by atoms with Gasteiger partial charge < -0.3 is 14.9 Å². The van der Waals surface area contributed by atoms with Crippen LogP contribution in [0.15, 0.2) is 24.3 Å². The fourth-order valence-corrected chi connectivity index (χ4v) is 2.65. The van der Waals surface area contributed by atoms with Crippen molar-refractivity contribution in [1.82, 2.24) is 4.98 Å². The number of aryl methyl sites for hydroxylation is 2. The number of nitrogens with zero attached hydrogens (tertiary/aromatic N) is 1. The molecule has 0 radical (unpaired) electrons. The molecule has 0 spiro atoms. The summed E-state index contributed by atoms with van der Waals surface area (Å²) in [5, 5.41) is 19.2. The van der Waals surface area contributed by atoms with E-state index in [0.717, 1.165) is 33.5 Å². The van der Waals surface area contributed by atoms with Crippen molar-refractivity contribution in [2.45, 2.75) is 53.2 Å². The summed E-state index contributed by atoms with van der Waals surface area (Å²) in [6.45, 7) is 9.94. The minimum absolute atomic E-state index is 0.0310. The van der Waals surface area contributed by atoms with Crippen molar-refractivity contribution in [1.29, 1.82) is 0 Å². The third-order valence-corrected chi connectivity index (χ3v) is 4.22. The van der Waals surface area contributed by atoms with E-state index in [4.69, 9.17) is 4.74 Å². The highest BCUT2D eigenvalue weighted by atomic mass is 16.5. The minimum atomic E-state index is -0.745. The molecular formula is C20H27NO3. The summed E-state index contributed by atoms with van der Waals surface area (Å²) in [5.41, 5.74) is 5.23. The lowest BCUT2D eigenvalue weighted by Gasteiger charge is -2.18. The van der Waals surface area contributed by atoms with E-state index in [-0.39, 0.29) is 6.61 Å². The van der Waals surface area contributed by atoms with Crippen molar-refractivity contribution >= 4 is 0 Å². The predicted molar refractivity (Wildman–Crippen MR) is 96.2 cm³/mol. The second-order valence-electron chi connectivity index (χ2n) is 6.90. The standard InChI is InChI=1S/C20H27NO3/c1-13-11-18(17-8-6-7-16(12-22)14(17)2)15(3)21-19(13)24-10-9-20(4,5)23/h6-8,11,22-23H,9-10,12H2,1-5H3. The molecule has 1 aromatic carbocycles. The second kappa shape index (κ2) is 7.32. The van der Waals surface area contributed by atoms with Crippen molar-refractivity contribution in [2.75, 3.05) is 6.61 Å². The Balaban J connectivity index is 2.30. The number of hydrogen-bond acceptors (Lipinski definition) is 4. The average molecular weight is 329 g/mol. The van der Waals surface area contributed by atoms with Crippen LogP contribution in [0.1, 0.15) is 42.7 Å². The molecule has 2 rings (SSSR count). The summed E-state index contributed by atoms with van der Waals surface area (Å²) in [7, 11) is 0. The molecule has 24 heavy (non-hydrogen) atoms. The van der Waals surface area contributed by atoms with Gasteiger partial charge in [-0.2, -0.15) is 0 Å². The van der Waals surface area contributed by atoms with Crippen LogP contribution in [-0.4, -0.2) is 27.4 Å². The summed E-state index contributed by atoms with van der Waals surface area (Å²) in [4.78, 5) is 4.60. The van der Waals surface area contributed by atoms with Gasteiger partial charge in [0.25, 0.3) is 0 Å². The Kier molecular flexibility index (Phi) is 5.62. The zero-order valence-corrected chi connectivity index (χ0v) is 15.2. The Labute approximate surface area is 144 Å². The van der Waals surface area contributed by atoms with E-state index in [2.05, 4.69) is 11.1 Å². The maximum Gasteiger partial charge on any atom is 0.216 e. The van der Waals surface area contributed by atoms with Gasteiger partial charge in [0.15, 0.2) is 0 Å². The average Bonchev–Trinajstić information content (AvgIpc) is 2.49. The SMILES string of the molecule is Cc1cc(-c2cccc(CO)c2C)c(C)nc1OCCC(C)(C)O. The zero-order chi connectivity index (χ0) is 17.9. The molecule has 0 saturated carbocycles. The van der Waals surface area contributed by atoms with Gasteiger partial charge in [-0.1, -0.05) is 18.2 Å². The quantitative estimate of drug-likeness (QED) is 0.848. The normalized spacial score (nSPS) is 11.6. The van der Waals surface area contributed by atoms with Gasteiger partial charge in [0.05, 0.1) is 18.8 Å². The van der Waals surface area contributed by atoms with Crippen LogP contribution in [0.3, 0.4) is 0 Å². The number of hydrogen-bond donors (Lipinski definition) is 2. The number of rotatable bonds is 6. The van der Waals surface area contributed by atoms with Crippen LogP contribution in [0, 0.1) is 20.8 Å². The van der Waals surface area contributed by atoms with E-state index in [1.165, 1.54) is 0 Å². The molecule has 0 atom stereocenters. The monoisotopic (exact) mass is 329 g/mol. The molecule has 130 valence electrons. The molecule has 0 amide bonds. The first-order valence-corrected chi connectivity index (χ1v) is 8.26. The maximum absolute atomic E-state index is 9.77. The molecule has 0 saturated heterocycles. The highest BCUT2D eigenvalue weighted by Gasteiger charge is 2.15. The van der Waals surface area contributed by atoms with Crippen molar-refractivity contribution in [3.05, 3.63) is 46.6 Å². The number of pyridine rings is 1. The van der Waals surface area contributed by atoms with E-state index in [1.807, 2.05) is 39.0 Å². The van der Waals surface area contributed by atoms with Crippen LogP contribution >= 0.6 is 0 Å². The van der Waals surface area contributed by atoms with Gasteiger partial charge in [-0.05, 0) is 57.4 Å². The highest BCUT2D eigenvalue weighted by Crippen LogP contribution is 2.31. The molecule has 0 fully saturated rings. The van der Waals surface area contributed by atoms with Crippen molar-refractivity contribution in [3.8, 4) is 17.0 Å². The zero-order valence-electron chi connectivity index (χ0n) is 15.2. The van der Waals surface area contributed by atoms with Crippen LogP contribution in [-0.2, 0) is 6.61 Å². The highest BCUT2D eigenvalue weighted by molar-refractivity contribution is 5.71. The Hall–Kier alpha value is -1.91. The number of aliphatic hydroxyl groups excluding tert-OH is 1. The molecule has 1 aromatic heterocycles. The second-order valence-corrected chi connectivity index (χ2v) is 6.90. The molecule has 4 nitrogen and oxygen atoms in total. The van der Waals surface area contributed by atoms with Crippen molar-refractivity contribution < 1.29 is 14.9 Å². The van der Waals surface area contributed by atoms with Gasteiger partial charge in [0, 0.05) is 23.2 Å². The van der Waals surface area contributed by atoms with Gasteiger partial charge in [-0.15, -0.1) is 0 Å². The number of benzene rings is 1. The van der Waals surface area contributed by atoms with Gasteiger partial charge >= 0.3 is 0 Å². The summed E-state index contributed by atoms with van der Waals surface area (Å²) in [6.07, 6.45) is 0.548. The van der Waals surface area contributed by atoms with E-state index in [9.17, 15) is 10.2 Å². The summed E-state index contributed by atoms with van der Waals surface area (Å²) >= 11 is 0. The summed E-state index contributed by atoms with van der Waals surface area (Å²) in [5.74, 6) is 0.608. The lowest BCUT2D eigenvalue weighted by Crippen LogP contribution is -2.22. The molecule has 2 aromatic rings. The third-order valence-electron chi connectivity index (χ3n) is 4.22. The van der Waals surface area contributed by atoms with Gasteiger partial charge in [0.1, 0.15) is 0 Å².